The first-order valence-corrected chi connectivity index (χ1v) is 12.0. The Labute approximate surface area is 206 Å². The van der Waals surface area contributed by atoms with E-state index in [1.54, 1.807) is 6.08 Å². The first-order valence-electron chi connectivity index (χ1n) is 11.3. The van der Waals surface area contributed by atoms with Crippen LogP contribution in [0.2, 0.25) is 0 Å². The fourth-order valence-corrected chi connectivity index (χ4v) is 5.36. The molecule has 5 nitrogen and oxygen atoms in total. The Morgan fingerprint density at radius 1 is 0.912 bits per heavy atom. The van der Waals surface area contributed by atoms with Gasteiger partial charge >= 0.3 is 0 Å². The van der Waals surface area contributed by atoms with Gasteiger partial charge in [0.2, 0.25) is 0 Å². The van der Waals surface area contributed by atoms with Crippen molar-refractivity contribution in [1.82, 2.24) is 0 Å². The molecule has 1 heterocycles. The van der Waals surface area contributed by atoms with Crippen molar-refractivity contribution >= 4 is 73.3 Å². The number of benzene rings is 4. The van der Waals surface area contributed by atoms with E-state index in [2.05, 4.69) is 72.8 Å². The van der Waals surface area contributed by atoms with Crippen LogP contribution in [0.3, 0.4) is 0 Å². The van der Waals surface area contributed by atoms with Crippen LogP contribution in [0.25, 0.3) is 22.9 Å². The van der Waals surface area contributed by atoms with Crippen LogP contribution >= 0.6 is 16.1 Å². The molecule has 6 heteroatoms. The van der Waals surface area contributed by atoms with Crippen LogP contribution in [0.5, 0.6) is 0 Å². The summed E-state index contributed by atoms with van der Waals surface area (Å²) >= 11 is 3.81. The summed E-state index contributed by atoms with van der Waals surface area (Å²) in [5, 5.41) is 7.92. The first kappa shape index (κ1) is 20.8. The second-order valence-corrected chi connectivity index (χ2v) is 9.61. The van der Waals surface area contributed by atoms with Gasteiger partial charge in [0.05, 0.1) is 21.8 Å². The molecule has 0 aromatic heterocycles. The van der Waals surface area contributed by atoms with Gasteiger partial charge in [-0.05, 0) is 76.5 Å². The number of carbonyl (C=O) groups is 1. The number of fused-ring (bicyclic) bond motifs is 4. The third-order valence-electron chi connectivity index (χ3n) is 6.48. The number of rotatable bonds is 3. The highest BCUT2D eigenvalue weighted by Crippen LogP contribution is 2.40. The number of nitrogen functional groups attached to an aromatic ring is 1. The fourth-order valence-electron chi connectivity index (χ4n) is 4.78. The van der Waals surface area contributed by atoms with E-state index in [-0.39, 0.29) is 5.78 Å². The van der Waals surface area contributed by atoms with Crippen LogP contribution in [-0.4, -0.2) is 12.5 Å². The van der Waals surface area contributed by atoms with E-state index in [9.17, 15) is 4.79 Å². The van der Waals surface area contributed by atoms with Crippen molar-refractivity contribution in [2.24, 2.45) is 0 Å². The van der Waals surface area contributed by atoms with Gasteiger partial charge < -0.3 is 16.0 Å². The van der Waals surface area contributed by atoms with Gasteiger partial charge in [0.15, 0.2) is 5.78 Å². The molecule has 0 saturated carbocycles. The van der Waals surface area contributed by atoms with Crippen LogP contribution in [0.4, 0.5) is 28.4 Å². The Bertz CT molecular complexity index is 1550. The molecule has 168 valence electrons. The monoisotopic (exact) mass is 510 g/mol. The zero-order valence-electron chi connectivity index (χ0n) is 18.5. The summed E-state index contributed by atoms with van der Waals surface area (Å²) in [6, 6.07) is 24.7. The van der Waals surface area contributed by atoms with Crippen molar-refractivity contribution in [1.29, 1.82) is 0 Å². The second kappa shape index (κ2) is 8.22. The lowest BCUT2D eigenvalue weighted by Gasteiger charge is -2.37. The van der Waals surface area contributed by atoms with Crippen LogP contribution in [0.1, 0.15) is 12.0 Å². The Hall–Kier alpha value is -3.77. The van der Waals surface area contributed by atoms with Gasteiger partial charge in [-0.25, -0.2) is 0 Å². The summed E-state index contributed by atoms with van der Waals surface area (Å²) in [7, 11) is 0. The third-order valence-corrected chi connectivity index (χ3v) is 7.09. The van der Waals surface area contributed by atoms with Crippen molar-refractivity contribution in [2.75, 3.05) is 26.5 Å². The molecule has 2 aliphatic rings. The van der Waals surface area contributed by atoms with E-state index in [0.717, 1.165) is 51.8 Å². The highest BCUT2D eigenvalue weighted by molar-refractivity contribution is 9.10. The molecule has 3 N–H and O–H groups in total. The molecular weight excluding hydrogens is 488 g/mol. The molecular formula is C28H23BrN4O. The standard InChI is InChI=1S/C28H23BrN4O/c29-33-17-32(22-4-2-1-3-5-22)16-26-24-13-18-6-11-23(34)12-19(18)14-25(24)27(15-28(26)33)31-21-9-7-20(30)8-10-21/h1-10,12-15,31H,11,16-17,30H2. The summed E-state index contributed by atoms with van der Waals surface area (Å²) in [5.74, 6) is 0.139. The summed E-state index contributed by atoms with van der Waals surface area (Å²) in [4.78, 5) is 14.5. The second-order valence-electron chi connectivity index (χ2n) is 8.75. The fraction of sp³-hybridized carbons (Fsp3) is 0.107. The average molecular weight is 511 g/mol. The van der Waals surface area contributed by atoms with E-state index >= 15 is 0 Å². The number of ketones is 1. The van der Waals surface area contributed by atoms with Crippen molar-refractivity contribution in [3.05, 3.63) is 88.8 Å². The SMILES string of the molecule is Nc1ccc(Nc2cc3c(c4cc5c(cc24)=CC(=O)CC=5)CN(c2ccccc2)CN3Br)cc1. The minimum atomic E-state index is 0.139. The molecule has 1 aliphatic heterocycles. The molecule has 6 rings (SSSR count). The minimum Gasteiger partial charge on any atom is -0.399 e. The van der Waals surface area contributed by atoms with Gasteiger partial charge in [-0.2, -0.15) is 0 Å². The summed E-state index contributed by atoms with van der Waals surface area (Å²) < 4.78 is 2.12. The number of anilines is 5. The normalized spacial score (nSPS) is 14.8. The first-order chi connectivity index (χ1) is 16.5. The van der Waals surface area contributed by atoms with Crippen LogP contribution in [-0.2, 0) is 11.3 Å². The molecule has 0 bridgehead atoms. The quantitative estimate of drug-likeness (QED) is 0.306. The number of para-hydroxylation sites is 1. The maximum atomic E-state index is 12.1. The number of Topliss-reactive ketones (excluding diaryl/α,β-unsaturated/α-hetero) is 1. The van der Waals surface area contributed by atoms with Gasteiger partial charge in [0.1, 0.15) is 6.67 Å². The van der Waals surface area contributed by atoms with E-state index in [1.165, 1.54) is 16.6 Å². The molecule has 0 radical (unpaired) electrons. The number of carbonyl (C=O) groups excluding carboxylic acids is 1. The topological polar surface area (TPSA) is 61.6 Å². The van der Waals surface area contributed by atoms with Gasteiger partial charge in [0.25, 0.3) is 0 Å². The molecule has 34 heavy (non-hydrogen) atoms. The Kier molecular flexibility index (Phi) is 5.03. The molecule has 0 atom stereocenters. The zero-order chi connectivity index (χ0) is 23.2. The number of nitrogens with one attached hydrogen (secondary N) is 1. The predicted molar refractivity (Wildman–Crippen MR) is 145 cm³/mol. The lowest BCUT2D eigenvalue weighted by atomic mass is 9.95. The number of nitrogens with two attached hydrogens (primary N) is 1. The highest BCUT2D eigenvalue weighted by Gasteiger charge is 2.25. The van der Waals surface area contributed by atoms with Gasteiger partial charge in [-0.15, -0.1) is 0 Å². The Balaban J connectivity index is 1.56. The van der Waals surface area contributed by atoms with Crippen molar-refractivity contribution < 1.29 is 4.79 Å². The molecule has 0 fully saturated rings. The van der Waals surface area contributed by atoms with Gasteiger partial charge in [0, 0.05) is 46.7 Å². The van der Waals surface area contributed by atoms with Crippen LogP contribution < -0.4 is 30.3 Å². The number of halogens is 1. The molecule has 0 saturated heterocycles. The predicted octanol–water partition coefficient (Wildman–Crippen LogP) is 4.79. The molecule has 4 aromatic rings. The van der Waals surface area contributed by atoms with Crippen LogP contribution in [0.15, 0.2) is 72.8 Å². The van der Waals surface area contributed by atoms with Gasteiger partial charge in [-0.3, -0.25) is 8.72 Å². The zero-order valence-corrected chi connectivity index (χ0v) is 20.0. The minimum absolute atomic E-state index is 0.139. The summed E-state index contributed by atoms with van der Waals surface area (Å²) in [6.07, 6.45) is 4.24. The Morgan fingerprint density at radius 2 is 1.68 bits per heavy atom. The maximum absolute atomic E-state index is 12.1. The van der Waals surface area contributed by atoms with E-state index in [1.807, 2.05) is 36.4 Å². The maximum Gasteiger partial charge on any atom is 0.160 e. The van der Waals surface area contributed by atoms with E-state index in [0.29, 0.717) is 6.42 Å². The highest BCUT2D eigenvalue weighted by atomic mass is 79.9. The lowest BCUT2D eigenvalue weighted by molar-refractivity contribution is -0.112. The van der Waals surface area contributed by atoms with E-state index in [4.69, 9.17) is 5.73 Å². The third kappa shape index (κ3) is 3.70. The molecule has 4 aromatic carbocycles. The number of nitrogens with zero attached hydrogens (tertiary/aromatic N) is 2. The van der Waals surface area contributed by atoms with Gasteiger partial charge in [-0.1, -0.05) is 24.3 Å². The van der Waals surface area contributed by atoms with Crippen molar-refractivity contribution in [3.63, 3.8) is 0 Å². The summed E-state index contributed by atoms with van der Waals surface area (Å²) in [6.45, 7) is 1.52. The molecule has 1 aliphatic carbocycles. The summed E-state index contributed by atoms with van der Waals surface area (Å²) in [5.41, 5.74) is 12.1. The Morgan fingerprint density at radius 3 is 2.47 bits per heavy atom. The smallest absolute Gasteiger partial charge is 0.160 e. The number of hydrogen-bond donors (Lipinski definition) is 2. The van der Waals surface area contributed by atoms with Crippen LogP contribution in [0, 0.1) is 0 Å². The van der Waals surface area contributed by atoms with Crippen molar-refractivity contribution in [3.8, 4) is 0 Å². The molecule has 0 amide bonds. The van der Waals surface area contributed by atoms with Crippen molar-refractivity contribution in [2.45, 2.75) is 13.0 Å². The molecule has 0 unspecified atom stereocenters. The largest absolute Gasteiger partial charge is 0.399 e. The molecule has 0 spiro atoms. The average Bonchev–Trinajstić information content (AvgIpc) is 2.85. The number of hydrogen-bond acceptors (Lipinski definition) is 5. The van der Waals surface area contributed by atoms with E-state index < -0.39 is 0 Å². The lowest BCUT2D eigenvalue weighted by Crippen LogP contribution is -2.38.